The Bertz CT molecular complexity index is 919. The fourth-order valence-corrected chi connectivity index (χ4v) is 10.8. The molecule has 0 bridgehead atoms. The first-order valence-electron chi connectivity index (χ1n) is 13.9. The van der Waals surface area contributed by atoms with E-state index in [-0.39, 0.29) is 39.6 Å². The van der Waals surface area contributed by atoms with Crippen LogP contribution in [0.5, 0.6) is 0 Å². The van der Waals surface area contributed by atoms with Gasteiger partial charge in [0.2, 0.25) is 0 Å². The van der Waals surface area contributed by atoms with Gasteiger partial charge in [0, 0.05) is 5.92 Å². The van der Waals surface area contributed by atoms with Gasteiger partial charge < -0.3 is 15.3 Å². The highest BCUT2D eigenvalue weighted by atomic mass is 16.4. The van der Waals surface area contributed by atoms with Crippen molar-refractivity contribution in [1.82, 2.24) is 0 Å². The maximum Gasteiger partial charge on any atom is 0.310 e. The van der Waals surface area contributed by atoms with Gasteiger partial charge in [-0.25, -0.2) is 0 Å². The van der Waals surface area contributed by atoms with Gasteiger partial charge in [-0.1, -0.05) is 53.2 Å². The minimum atomic E-state index is -1.01. The molecule has 4 fully saturated rings. The Kier molecular flexibility index (Phi) is 5.20. The topological polar surface area (TPSA) is 77.8 Å². The van der Waals surface area contributed by atoms with E-state index in [0.717, 1.165) is 44.9 Å². The highest BCUT2D eigenvalue weighted by molar-refractivity contribution is 5.77. The van der Waals surface area contributed by atoms with Gasteiger partial charge in [-0.3, -0.25) is 4.79 Å². The van der Waals surface area contributed by atoms with Crippen molar-refractivity contribution in [3.63, 3.8) is 0 Å². The minimum Gasteiger partial charge on any atom is -0.481 e. The molecular weight excluding hydrogens is 424 g/mol. The molecular formula is C30H48O4. The van der Waals surface area contributed by atoms with Crippen LogP contribution in [0.4, 0.5) is 0 Å². The van der Waals surface area contributed by atoms with E-state index < -0.39 is 17.0 Å². The number of hydrogen-bond donors (Lipinski definition) is 3. The molecule has 0 saturated heterocycles. The number of hydrogen-bond acceptors (Lipinski definition) is 3. The molecule has 0 amide bonds. The summed E-state index contributed by atoms with van der Waals surface area (Å²) in [6, 6.07) is 0. The van der Waals surface area contributed by atoms with E-state index >= 15 is 0 Å². The highest BCUT2D eigenvalue weighted by Crippen LogP contribution is 2.76. The van der Waals surface area contributed by atoms with Crippen LogP contribution < -0.4 is 0 Å². The van der Waals surface area contributed by atoms with Gasteiger partial charge in [0.05, 0.1) is 17.1 Å². The lowest BCUT2D eigenvalue weighted by atomic mass is 9.33. The van der Waals surface area contributed by atoms with Gasteiger partial charge in [-0.05, 0) is 104 Å². The molecule has 5 rings (SSSR count). The first kappa shape index (κ1) is 24.8. The molecule has 4 heteroatoms. The molecule has 0 heterocycles. The zero-order chi connectivity index (χ0) is 25.1. The SMILES string of the molecule is C[C@H]1CC[C@]2(C(=O)O)CC[C@]3(C)C(=CC[C@@H]4[C@]5(C)CC[C@H](O)C(C)(C)[C@H]5CC[C@@]43C)[C@H]2[C@]1(C)O. The van der Waals surface area contributed by atoms with Crippen molar-refractivity contribution in [2.75, 3.05) is 0 Å². The van der Waals surface area contributed by atoms with Crippen LogP contribution in [0, 0.1) is 50.7 Å². The normalized spacial score (nSPS) is 56.3. The predicted octanol–water partition coefficient (Wildman–Crippen LogP) is 6.20. The van der Waals surface area contributed by atoms with E-state index in [2.05, 4.69) is 47.6 Å². The number of aliphatic carboxylic acids is 1. The maximum atomic E-state index is 12.8. The fraction of sp³-hybridized carbons (Fsp3) is 0.900. The minimum absolute atomic E-state index is 0.0716. The Labute approximate surface area is 206 Å². The average Bonchev–Trinajstić information content (AvgIpc) is 2.74. The maximum absolute atomic E-state index is 12.8. The lowest BCUT2D eigenvalue weighted by Crippen LogP contribution is -2.67. The fourth-order valence-electron chi connectivity index (χ4n) is 10.8. The first-order chi connectivity index (χ1) is 15.6. The van der Waals surface area contributed by atoms with E-state index in [1.807, 2.05) is 6.92 Å². The van der Waals surface area contributed by atoms with Crippen molar-refractivity contribution >= 4 is 5.97 Å². The molecule has 0 spiro atoms. The van der Waals surface area contributed by atoms with E-state index in [1.165, 1.54) is 5.57 Å². The van der Waals surface area contributed by atoms with E-state index in [1.54, 1.807) is 0 Å². The third-order valence-corrected chi connectivity index (χ3v) is 13.5. The molecule has 0 radical (unpaired) electrons. The third-order valence-electron chi connectivity index (χ3n) is 13.5. The number of rotatable bonds is 1. The quantitative estimate of drug-likeness (QED) is 0.397. The van der Waals surface area contributed by atoms with Crippen LogP contribution in [0.25, 0.3) is 0 Å². The number of carboxylic acids is 1. The van der Waals surface area contributed by atoms with Crippen molar-refractivity contribution < 1.29 is 20.1 Å². The van der Waals surface area contributed by atoms with Crippen molar-refractivity contribution in [2.45, 2.75) is 118 Å². The summed E-state index contributed by atoms with van der Waals surface area (Å²) in [5.41, 5.74) is -0.532. The molecule has 0 unspecified atom stereocenters. The molecule has 0 aromatic carbocycles. The number of fused-ring (bicyclic) bond motifs is 7. The molecule has 4 nitrogen and oxygen atoms in total. The summed E-state index contributed by atoms with van der Waals surface area (Å²) in [5.74, 6) is 0.0848. The smallest absolute Gasteiger partial charge is 0.310 e. The third kappa shape index (κ3) is 2.71. The molecule has 0 aliphatic heterocycles. The zero-order valence-electron chi connectivity index (χ0n) is 22.6. The highest BCUT2D eigenvalue weighted by Gasteiger charge is 2.71. The van der Waals surface area contributed by atoms with Crippen molar-refractivity contribution in [1.29, 1.82) is 0 Å². The lowest BCUT2D eigenvalue weighted by Gasteiger charge is -2.71. The van der Waals surface area contributed by atoms with Crippen LogP contribution in [0.15, 0.2) is 11.6 Å². The van der Waals surface area contributed by atoms with Crippen molar-refractivity contribution in [3.8, 4) is 0 Å². The monoisotopic (exact) mass is 472 g/mol. The second-order valence-corrected chi connectivity index (χ2v) is 14.7. The second-order valence-electron chi connectivity index (χ2n) is 14.7. The molecule has 10 atom stereocenters. The Morgan fingerprint density at radius 3 is 2.24 bits per heavy atom. The van der Waals surface area contributed by atoms with Gasteiger partial charge >= 0.3 is 5.97 Å². The number of carboxylic acid groups (broad SMARTS) is 1. The van der Waals surface area contributed by atoms with Crippen LogP contribution in [0.2, 0.25) is 0 Å². The summed E-state index contributed by atoms with van der Waals surface area (Å²) in [6.45, 7) is 16.0. The second kappa shape index (κ2) is 7.12. The molecule has 0 aromatic heterocycles. The average molecular weight is 473 g/mol. The van der Waals surface area contributed by atoms with Crippen LogP contribution >= 0.6 is 0 Å². The predicted molar refractivity (Wildman–Crippen MR) is 134 cm³/mol. The van der Waals surface area contributed by atoms with Crippen LogP contribution in [0.1, 0.15) is 106 Å². The number of carbonyl (C=O) groups is 1. The standard InChI is InChI=1S/C30H48O4/c1-18-10-15-30(24(32)33)17-16-27(5)19(23(30)29(18,7)34)8-9-21-26(4)13-12-22(31)25(2,3)20(26)11-14-28(21,27)6/h8,18,20-23,31,34H,9-17H2,1-7H3,(H,32,33)/t18-,20+,21+,22-,23-,26+,27+,28-,29+,30-/m0/s1. The molecule has 0 aromatic rings. The lowest BCUT2D eigenvalue weighted by molar-refractivity contribution is -0.217. The van der Waals surface area contributed by atoms with Crippen LogP contribution in [-0.2, 0) is 4.79 Å². The van der Waals surface area contributed by atoms with Gasteiger partial charge in [0.15, 0.2) is 0 Å². The molecule has 3 N–H and O–H groups in total. The van der Waals surface area contributed by atoms with Gasteiger partial charge in [-0.15, -0.1) is 0 Å². The Morgan fingerprint density at radius 2 is 1.59 bits per heavy atom. The summed E-state index contributed by atoms with van der Waals surface area (Å²) >= 11 is 0. The summed E-state index contributed by atoms with van der Waals surface area (Å²) in [5, 5.41) is 33.3. The molecule has 34 heavy (non-hydrogen) atoms. The van der Waals surface area contributed by atoms with Gasteiger partial charge in [-0.2, -0.15) is 0 Å². The largest absolute Gasteiger partial charge is 0.481 e. The van der Waals surface area contributed by atoms with Crippen LogP contribution in [-0.4, -0.2) is 33.0 Å². The molecule has 192 valence electrons. The summed E-state index contributed by atoms with van der Waals surface area (Å²) in [7, 11) is 0. The van der Waals surface area contributed by atoms with Gasteiger partial charge in [0.1, 0.15) is 0 Å². The summed E-state index contributed by atoms with van der Waals surface area (Å²) in [6.07, 6.45) is 10.3. The Balaban J connectivity index is 1.64. The molecule has 4 saturated carbocycles. The number of allylic oxidation sites excluding steroid dienone is 1. The Morgan fingerprint density at radius 1 is 0.912 bits per heavy atom. The van der Waals surface area contributed by atoms with E-state index in [0.29, 0.717) is 24.7 Å². The first-order valence-corrected chi connectivity index (χ1v) is 13.9. The Hall–Kier alpha value is -0.870. The van der Waals surface area contributed by atoms with Crippen molar-refractivity contribution in [2.24, 2.45) is 50.7 Å². The van der Waals surface area contributed by atoms with E-state index in [9.17, 15) is 20.1 Å². The number of aliphatic hydroxyl groups is 2. The number of aliphatic hydroxyl groups excluding tert-OH is 1. The summed E-state index contributed by atoms with van der Waals surface area (Å²) in [4.78, 5) is 12.8. The molecule has 5 aliphatic carbocycles. The molecule has 5 aliphatic rings. The van der Waals surface area contributed by atoms with Crippen molar-refractivity contribution in [3.05, 3.63) is 11.6 Å². The summed E-state index contributed by atoms with van der Waals surface area (Å²) < 4.78 is 0. The van der Waals surface area contributed by atoms with Gasteiger partial charge in [0.25, 0.3) is 0 Å². The van der Waals surface area contributed by atoms with Crippen LogP contribution in [0.3, 0.4) is 0 Å². The van der Waals surface area contributed by atoms with E-state index in [4.69, 9.17) is 0 Å². The zero-order valence-corrected chi connectivity index (χ0v) is 22.6.